The molecule has 1 aromatic carbocycles. The summed E-state index contributed by atoms with van der Waals surface area (Å²) in [6.07, 6.45) is 6.33. The zero-order valence-electron chi connectivity index (χ0n) is 12.0. The standard InChI is InChI=1S/C16H25NS/c1-11-8-9-14(12(2)10-11)13(3)17-15-6-5-7-16(15)18-4/h8-10,13,15-17H,5-7H2,1-4H3. The number of benzene rings is 1. The lowest BCUT2D eigenvalue weighted by molar-refractivity contribution is 0.466. The maximum absolute atomic E-state index is 3.84. The van der Waals surface area contributed by atoms with Gasteiger partial charge >= 0.3 is 0 Å². The van der Waals surface area contributed by atoms with Crippen molar-refractivity contribution in [3.8, 4) is 0 Å². The summed E-state index contributed by atoms with van der Waals surface area (Å²) in [6, 6.07) is 7.94. The Balaban J connectivity index is 2.05. The summed E-state index contributed by atoms with van der Waals surface area (Å²) < 4.78 is 0. The van der Waals surface area contributed by atoms with E-state index >= 15 is 0 Å². The van der Waals surface area contributed by atoms with Crippen molar-refractivity contribution < 1.29 is 0 Å². The number of rotatable bonds is 4. The molecule has 1 nitrogen and oxygen atoms in total. The second-order valence-electron chi connectivity index (χ2n) is 5.56. The van der Waals surface area contributed by atoms with Crippen molar-refractivity contribution in [1.29, 1.82) is 0 Å². The summed E-state index contributed by atoms with van der Waals surface area (Å²) in [6.45, 7) is 6.68. The van der Waals surface area contributed by atoms with Crippen LogP contribution in [0.3, 0.4) is 0 Å². The van der Waals surface area contributed by atoms with Crippen molar-refractivity contribution in [3.63, 3.8) is 0 Å². The number of hydrogen-bond donors (Lipinski definition) is 1. The average Bonchev–Trinajstić information content (AvgIpc) is 2.76. The van der Waals surface area contributed by atoms with Crippen LogP contribution >= 0.6 is 11.8 Å². The lowest BCUT2D eigenvalue weighted by Crippen LogP contribution is -2.36. The minimum atomic E-state index is 0.461. The van der Waals surface area contributed by atoms with E-state index in [1.165, 1.54) is 36.0 Å². The van der Waals surface area contributed by atoms with Crippen LogP contribution in [0, 0.1) is 13.8 Å². The Bertz CT molecular complexity index is 402. The number of aryl methyl sites for hydroxylation is 2. The largest absolute Gasteiger partial charge is 0.306 e. The SMILES string of the molecule is CSC1CCCC1NC(C)c1ccc(C)cc1C. The molecule has 0 bridgehead atoms. The molecule has 0 aliphatic heterocycles. The Kier molecular flexibility index (Phi) is 4.74. The molecule has 0 radical (unpaired) electrons. The van der Waals surface area contributed by atoms with Gasteiger partial charge in [0.2, 0.25) is 0 Å². The highest BCUT2D eigenvalue weighted by Crippen LogP contribution is 2.30. The van der Waals surface area contributed by atoms with E-state index in [0.29, 0.717) is 12.1 Å². The van der Waals surface area contributed by atoms with Crippen LogP contribution in [-0.4, -0.2) is 17.5 Å². The topological polar surface area (TPSA) is 12.0 Å². The highest BCUT2D eigenvalue weighted by atomic mass is 32.2. The maximum atomic E-state index is 3.84. The molecular weight excluding hydrogens is 238 g/mol. The van der Waals surface area contributed by atoms with Crippen LogP contribution in [0.15, 0.2) is 18.2 Å². The highest BCUT2D eigenvalue weighted by Gasteiger charge is 2.27. The molecule has 0 aromatic heterocycles. The molecule has 0 amide bonds. The van der Waals surface area contributed by atoms with Crippen LogP contribution < -0.4 is 5.32 Å². The summed E-state index contributed by atoms with van der Waals surface area (Å²) in [5.41, 5.74) is 4.22. The van der Waals surface area contributed by atoms with Gasteiger partial charge in [0.15, 0.2) is 0 Å². The minimum absolute atomic E-state index is 0.461. The van der Waals surface area contributed by atoms with Crippen LogP contribution in [-0.2, 0) is 0 Å². The third kappa shape index (κ3) is 3.10. The second kappa shape index (κ2) is 6.12. The molecule has 1 fully saturated rings. The van der Waals surface area contributed by atoms with Gasteiger partial charge in [-0.05, 0) is 51.0 Å². The van der Waals surface area contributed by atoms with Gasteiger partial charge in [0.05, 0.1) is 0 Å². The molecule has 2 heteroatoms. The molecular formula is C16H25NS. The summed E-state index contributed by atoms with van der Waals surface area (Å²) >= 11 is 2.02. The normalized spacial score (nSPS) is 25.3. The molecule has 1 N–H and O–H groups in total. The summed E-state index contributed by atoms with van der Waals surface area (Å²) in [5.74, 6) is 0. The Labute approximate surface area is 116 Å². The number of hydrogen-bond acceptors (Lipinski definition) is 2. The van der Waals surface area contributed by atoms with E-state index in [1.54, 1.807) is 0 Å². The molecule has 3 atom stereocenters. The Morgan fingerprint density at radius 1 is 1.28 bits per heavy atom. The first-order valence-corrected chi connectivity index (χ1v) is 8.26. The van der Waals surface area contributed by atoms with Gasteiger partial charge in [-0.3, -0.25) is 0 Å². The van der Waals surface area contributed by atoms with E-state index in [0.717, 1.165) is 5.25 Å². The molecule has 3 unspecified atom stereocenters. The molecule has 1 aliphatic rings. The summed E-state index contributed by atoms with van der Waals surface area (Å²) in [4.78, 5) is 0. The Hall–Kier alpha value is -0.470. The first-order chi connectivity index (χ1) is 8.61. The third-order valence-corrected chi connectivity index (χ3v) is 5.28. The van der Waals surface area contributed by atoms with Gasteiger partial charge in [-0.15, -0.1) is 0 Å². The predicted molar refractivity (Wildman–Crippen MR) is 82.4 cm³/mol. The first-order valence-electron chi connectivity index (χ1n) is 6.98. The monoisotopic (exact) mass is 263 g/mol. The van der Waals surface area contributed by atoms with Crippen LogP contribution in [0.4, 0.5) is 0 Å². The Morgan fingerprint density at radius 3 is 2.72 bits per heavy atom. The van der Waals surface area contributed by atoms with Crippen LogP contribution in [0.5, 0.6) is 0 Å². The number of nitrogens with one attached hydrogen (secondary N) is 1. The third-order valence-electron chi connectivity index (χ3n) is 4.11. The van der Waals surface area contributed by atoms with Crippen molar-refractivity contribution in [1.82, 2.24) is 5.32 Å². The van der Waals surface area contributed by atoms with Crippen LogP contribution in [0.2, 0.25) is 0 Å². The lowest BCUT2D eigenvalue weighted by Gasteiger charge is -2.25. The fourth-order valence-corrected chi connectivity index (χ4v) is 4.07. The van der Waals surface area contributed by atoms with Crippen LogP contribution in [0.1, 0.15) is 48.9 Å². The van der Waals surface area contributed by atoms with Crippen LogP contribution in [0.25, 0.3) is 0 Å². The highest BCUT2D eigenvalue weighted by molar-refractivity contribution is 7.99. The van der Waals surface area contributed by atoms with Gasteiger partial charge in [0.1, 0.15) is 0 Å². The van der Waals surface area contributed by atoms with Crippen molar-refractivity contribution in [2.24, 2.45) is 0 Å². The molecule has 0 saturated heterocycles. The average molecular weight is 263 g/mol. The quantitative estimate of drug-likeness (QED) is 0.872. The zero-order valence-corrected chi connectivity index (χ0v) is 12.8. The Morgan fingerprint density at radius 2 is 2.06 bits per heavy atom. The van der Waals surface area contributed by atoms with Gasteiger partial charge in [0.25, 0.3) is 0 Å². The lowest BCUT2D eigenvalue weighted by atomic mass is 9.99. The molecule has 0 heterocycles. The van der Waals surface area contributed by atoms with Gasteiger partial charge in [0, 0.05) is 17.3 Å². The molecule has 100 valence electrons. The van der Waals surface area contributed by atoms with E-state index in [2.05, 4.69) is 50.5 Å². The van der Waals surface area contributed by atoms with Crippen molar-refractivity contribution in [2.75, 3.05) is 6.26 Å². The smallest absolute Gasteiger partial charge is 0.0297 e. The molecule has 1 aliphatic carbocycles. The van der Waals surface area contributed by atoms with Gasteiger partial charge in [-0.2, -0.15) is 11.8 Å². The molecule has 0 spiro atoms. The van der Waals surface area contributed by atoms with E-state index in [-0.39, 0.29) is 0 Å². The number of thioether (sulfide) groups is 1. The van der Waals surface area contributed by atoms with Crippen molar-refractivity contribution in [2.45, 2.75) is 57.4 Å². The molecule has 1 saturated carbocycles. The molecule has 18 heavy (non-hydrogen) atoms. The predicted octanol–water partition coefficient (Wildman–Crippen LogP) is 4.24. The van der Waals surface area contributed by atoms with Gasteiger partial charge in [-0.25, -0.2) is 0 Å². The molecule has 2 rings (SSSR count). The van der Waals surface area contributed by atoms with E-state index in [9.17, 15) is 0 Å². The van der Waals surface area contributed by atoms with Gasteiger partial charge < -0.3 is 5.32 Å². The zero-order chi connectivity index (χ0) is 13.1. The minimum Gasteiger partial charge on any atom is -0.306 e. The summed E-state index contributed by atoms with van der Waals surface area (Å²) in [5, 5.41) is 4.64. The summed E-state index contributed by atoms with van der Waals surface area (Å²) in [7, 11) is 0. The molecule has 1 aromatic rings. The maximum Gasteiger partial charge on any atom is 0.0297 e. The van der Waals surface area contributed by atoms with Crippen molar-refractivity contribution in [3.05, 3.63) is 34.9 Å². The van der Waals surface area contributed by atoms with Gasteiger partial charge in [-0.1, -0.05) is 30.2 Å². The second-order valence-corrected chi connectivity index (χ2v) is 6.64. The van der Waals surface area contributed by atoms with Crippen molar-refractivity contribution >= 4 is 11.8 Å². The van der Waals surface area contributed by atoms with E-state index in [1.807, 2.05) is 11.8 Å². The fourth-order valence-electron chi connectivity index (χ4n) is 3.12. The van der Waals surface area contributed by atoms with E-state index < -0.39 is 0 Å². The van der Waals surface area contributed by atoms with E-state index in [4.69, 9.17) is 0 Å². The first kappa shape index (κ1) is 14.0. The fraction of sp³-hybridized carbons (Fsp3) is 0.625.